The highest BCUT2D eigenvalue weighted by Crippen LogP contribution is 2.37. The van der Waals surface area contributed by atoms with Gasteiger partial charge in [0.2, 0.25) is 0 Å². The molecule has 1 amide bonds. The number of carbonyl (C=O) groups is 2. The molecule has 0 aromatic heterocycles. The maximum Gasteiger partial charge on any atom is 0.411 e. The van der Waals surface area contributed by atoms with Crippen LogP contribution >= 0.6 is 0 Å². The molecule has 1 aliphatic heterocycles. The van der Waals surface area contributed by atoms with Gasteiger partial charge in [-0.15, -0.1) is 6.58 Å². The predicted molar refractivity (Wildman–Crippen MR) is 110 cm³/mol. The van der Waals surface area contributed by atoms with Crippen molar-refractivity contribution in [1.29, 1.82) is 0 Å². The molecule has 0 saturated carbocycles. The molecule has 1 aliphatic rings. The maximum absolute atomic E-state index is 12.9. The topological polar surface area (TPSA) is 55.8 Å². The van der Waals surface area contributed by atoms with Crippen molar-refractivity contribution < 1.29 is 19.1 Å². The average Bonchev–Trinajstić information content (AvgIpc) is 2.99. The van der Waals surface area contributed by atoms with Crippen LogP contribution in [0.2, 0.25) is 0 Å². The number of methoxy groups -OCH3 is 1. The lowest BCUT2D eigenvalue weighted by Gasteiger charge is -2.32. The van der Waals surface area contributed by atoms with Gasteiger partial charge >= 0.3 is 12.1 Å². The summed E-state index contributed by atoms with van der Waals surface area (Å²) in [5.41, 5.74) is 0.677. The Morgan fingerprint density at radius 2 is 1.93 bits per heavy atom. The van der Waals surface area contributed by atoms with Crippen molar-refractivity contribution in [2.24, 2.45) is 5.92 Å². The van der Waals surface area contributed by atoms with E-state index in [-0.39, 0.29) is 17.9 Å². The molecule has 2 rings (SSSR count). The second-order valence-corrected chi connectivity index (χ2v) is 8.39. The number of amides is 1. The molecule has 5 nitrogen and oxygen atoms in total. The first-order chi connectivity index (χ1) is 13.3. The molecular formula is C23H33NO4. The molecule has 3 atom stereocenters. The minimum atomic E-state index is -0.623. The lowest BCUT2D eigenvalue weighted by molar-refractivity contribution is -0.146. The Morgan fingerprint density at radius 1 is 1.25 bits per heavy atom. The highest BCUT2D eigenvalue weighted by molar-refractivity contribution is 5.82. The Hall–Kier alpha value is -2.30. The number of esters is 1. The third-order valence-electron chi connectivity index (χ3n) is 5.13. The van der Waals surface area contributed by atoms with Gasteiger partial charge in [0.05, 0.1) is 7.11 Å². The Kier molecular flexibility index (Phi) is 7.67. The molecule has 0 unspecified atom stereocenters. The lowest BCUT2D eigenvalue weighted by Crippen LogP contribution is -2.48. The van der Waals surface area contributed by atoms with Gasteiger partial charge in [-0.3, -0.25) is 4.90 Å². The van der Waals surface area contributed by atoms with Crippen LogP contribution in [0.5, 0.6) is 0 Å². The van der Waals surface area contributed by atoms with Crippen LogP contribution in [-0.4, -0.2) is 41.8 Å². The summed E-state index contributed by atoms with van der Waals surface area (Å²) >= 11 is 0. The van der Waals surface area contributed by atoms with Crippen LogP contribution < -0.4 is 0 Å². The zero-order valence-electron chi connectivity index (χ0n) is 17.5. The van der Waals surface area contributed by atoms with Crippen LogP contribution in [0.3, 0.4) is 0 Å². The summed E-state index contributed by atoms with van der Waals surface area (Å²) in [5.74, 6) is -0.177. The smallest absolute Gasteiger partial charge is 0.411 e. The van der Waals surface area contributed by atoms with E-state index in [4.69, 9.17) is 9.47 Å². The molecule has 0 N–H and O–H groups in total. The summed E-state index contributed by atoms with van der Waals surface area (Å²) in [5, 5.41) is 0. The largest absolute Gasteiger partial charge is 0.467 e. The fourth-order valence-corrected chi connectivity index (χ4v) is 3.94. The van der Waals surface area contributed by atoms with Gasteiger partial charge in [0, 0.05) is 6.04 Å². The zero-order chi connectivity index (χ0) is 20.7. The molecule has 0 radical (unpaired) electrons. The van der Waals surface area contributed by atoms with E-state index in [1.54, 1.807) is 4.90 Å². The van der Waals surface area contributed by atoms with Crippen LogP contribution in [0.1, 0.15) is 52.0 Å². The molecule has 5 heteroatoms. The number of likely N-dealkylation sites (tertiary alicyclic amines) is 1. The van der Waals surface area contributed by atoms with Crippen LogP contribution in [0, 0.1) is 5.92 Å². The molecule has 0 bridgehead atoms. The second kappa shape index (κ2) is 9.76. The Balaban J connectivity index is 2.14. The van der Waals surface area contributed by atoms with E-state index in [0.717, 1.165) is 19.3 Å². The van der Waals surface area contributed by atoms with Gasteiger partial charge in [0.1, 0.15) is 11.6 Å². The number of rotatable bonds is 7. The Bertz CT molecular complexity index is 665. The molecule has 0 spiro atoms. The SMILES string of the molecule is C=CC[C@H]1[C@H](CCCc2ccccc2)C[C@@H](C(=O)OC)N1C(=O)OC(C)(C)C. The molecule has 1 saturated heterocycles. The monoisotopic (exact) mass is 387 g/mol. The van der Waals surface area contributed by atoms with E-state index in [0.29, 0.717) is 12.8 Å². The minimum absolute atomic E-state index is 0.104. The molecule has 0 aliphatic carbocycles. The predicted octanol–water partition coefficient (Wildman–Crippen LogP) is 4.75. The Morgan fingerprint density at radius 3 is 2.50 bits per heavy atom. The molecule has 154 valence electrons. The first-order valence-corrected chi connectivity index (χ1v) is 10.0. The highest BCUT2D eigenvalue weighted by atomic mass is 16.6. The molecule has 1 aromatic carbocycles. The van der Waals surface area contributed by atoms with Gasteiger partial charge in [0.15, 0.2) is 0 Å². The van der Waals surface area contributed by atoms with Crippen molar-refractivity contribution >= 4 is 12.1 Å². The minimum Gasteiger partial charge on any atom is -0.467 e. The summed E-state index contributed by atoms with van der Waals surface area (Å²) < 4.78 is 10.6. The van der Waals surface area contributed by atoms with Crippen molar-refractivity contribution in [1.82, 2.24) is 4.90 Å². The molecule has 28 heavy (non-hydrogen) atoms. The average molecular weight is 388 g/mol. The van der Waals surface area contributed by atoms with Gasteiger partial charge in [-0.25, -0.2) is 9.59 Å². The maximum atomic E-state index is 12.9. The first-order valence-electron chi connectivity index (χ1n) is 10.0. The molecular weight excluding hydrogens is 354 g/mol. The third kappa shape index (κ3) is 5.85. The van der Waals surface area contributed by atoms with Crippen molar-refractivity contribution in [2.45, 2.75) is 70.6 Å². The fraction of sp³-hybridized carbons (Fsp3) is 0.565. The number of carbonyl (C=O) groups excluding carboxylic acids is 2. The fourth-order valence-electron chi connectivity index (χ4n) is 3.94. The zero-order valence-corrected chi connectivity index (χ0v) is 17.5. The molecule has 1 heterocycles. The normalized spacial score (nSPS) is 22.0. The van der Waals surface area contributed by atoms with Gasteiger partial charge in [-0.05, 0) is 64.4 Å². The standard InChI is InChI=1S/C23H33NO4/c1-6-11-19-18(15-10-14-17-12-8-7-9-13-17)16-20(21(25)27-5)24(19)22(26)28-23(2,3)4/h6-9,12-13,18-20H,1,10-11,14-16H2,2-5H3/t18-,19+,20+/m1/s1. The number of hydrogen-bond donors (Lipinski definition) is 0. The van der Waals surface area contributed by atoms with Gasteiger partial charge in [-0.2, -0.15) is 0 Å². The van der Waals surface area contributed by atoms with E-state index >= 15 is 0 Å². The van der Waals surface area contributed by atoms with Gasteiger partial charge < -0.3 is 9.47 Å². The van der Waals surface area contributed by atoms with Gasteiger partial charge in [-0.1, -0.05) is 36.4 Å². The number of ether oxygens (including phenoxy) is 2. The second-order valence-electron chi connectivity index (χ2n) is 8.39. The van der Waals surface area contributed by atoms with E-state index in [9.17, 15) is 9.59 Å². The number of nitrogens with zero attached hydrogens (tertiary/aromatic N) is 1. The molecule has 1 aromatic rings. The number of aryl methyl sites for hydroxylation is 1. The Labute approximate surface area is 168 Å². The van der Waals surface area contributed by atoms with Crippen molar-refractivity contribution in [3.8, 4) is 0 Å². The van der Waals surface area contributed by atoms with Crippen molar-refractivity contribution in [3.63, 3.8) is 0 Å². The van der Waals surface area contributed by atoms with Crippen LogP contribution in [0.4, 0.5) is 4.79 Å². The summed E-state index contributed by atoms with van der Waals surface area (Å²) in [6.45, 7) is 9.33. The summed E-state index contributed by atoms with van der Waals surface area (Å²) in [6.07, 6.45) is 5.49. The van der Waals surface area contributed by atoms with Crippen LogP contribution in [0.25, 0.3) is 0 Å². The van der Waals surface area contributed by atoms with E-state index in [1.165, 1.54) is 12.7 Å². The summed E-state index contributed by atoms with van der Waals surface area (Å²) in [7, 11) is 1.36. The van der Waals surface area contributed by atoms with Crippen molar-refractivity contribution in [2.75, 3.05) is 7.11 Å². The first kappa shape index (κ1) is 22.0. The van der Waals surface area contributed by atoms with Crippen LogP contribution in [-0.2, 0) is 20.7 Å². The summed E-state index contributed by atoms with van der Waals surface area (Å²) in [4.78, 5) is 26.9. The number of hydrogen-bond acceptors (Lipinski definition) is 4. The quantitative estimate of drug-likeness (QED) is 0.500. The molecule has 1 fully saturated rings. The summed E-state index contributed by atoms with van der Waals surface area (Å²) in [6, 6.07) is 9.64. The van der Waals surface area contributed by atoms with Gasteiger partial charge in [0.25, 0.3) is 0 Å². The highest BCUT2D eigenvalue weighted by Gasteiger charge is 2.48. The van der Waals surface area contributed by atoms with Crippen molar-refractivity contribution in [3.05, 3.63) is 48.6 Å². The number of benzene rings is 1. The van der Waals surface area contributed by atoms with E-state index in [1.807, 2.05) is 45.0 Å². The van der Waals surface area contributed by atoms with Crippen LogP contribution in [0.15, 0.2) is 43.0 Å². The lowest BCUT2D eigenvalue weighted by atomic mass is 9.90. The third-order valence-corrected chi connectivity index (χ3v) is 5.13. The van der Waals surface area contributed by atoms with E-state index < -0.39 is 17.7 Å². The van der Waals surface area contributed by atoms with E-state index in [2.05, 4.69) is 18.7 Å².